The van der Waals surface area contributed by atoms with Gasteiger partial charge in [-0.1, -0.05) is 32.9 Å². The van der Waals surface area contributed by atoms with Crippen LogP contribution >= 0.6 is 0 Å². The number of hydrogen-bond acceptors (Lipinski definition) is 6. The molecule has 0 radical (unpaired) electrons. The van der Waals surface area contributed by atoms with Crippen molar-refractivity contribution in [2.24, 2.45) is 0 Å². The molecule has 142 valence electrons. The molecule has 8 nitrogen and oxygen atoms in total. The largest absolute Gasteiger partial charge is 0.348 e. The van der Waals surface area contributed by atoms with E-state index < -0.39 is 0 Å². The van der Waals surface area contributed by atoms with Gasteiger partial charge in [-0.2, -0.15) is 4.98 Å². The van der Waals surface area contributed by atoms with Crippen LogP contribution in [0.2, 0.25) is 0 Å². The van der Waals surface area contributed by atoms with Crippen molar-refractivity contribution >= 4 is 5.91 Å². The van der Waals surface area contributed by atoms with Gasteiger partial charge in [-0.15, -0.1) is 0 Å². The first-order valence-corrected chi connectivity index (χ1v) is 8.93. The second-order valence-electron chi connectivity index (χ2n) is 7.52. The van der Waals surface area contributed by atoms with Crippen LogP contribution in [0.5, 0.6) is 0 Å². The molecule has 0 aliphatic rings. The summed E-state index contributed by atoms with van der Waals surface area (Å²) >= 11 is 0. The Morgan fingerprint density at radius 3 is 2.78 bits per heavy atom. The zero-order valence-corrected chi connectivity index (χ0v) is 16.2. The van der Waals surface area contributed by atoms with Gasteiger partial charge in [0, 0.05) is 29.4 Å². The Morgan fingerprint density at radius 1 is 1.33 bits per heavy atom. The molecule has 0 spiro atoms. The van der Waals surface area contributed by atoms with Gasteiger partial charge in [0.05, 0.1) is 0 Å². The van der Waals surface area contributed by atoms with Crippen molar-refractivity contribution in [3.05, 3.63) is 42.4 Å². The van der Waals surface area contributed by atoms with Crippen molar-refractivity contribution in [1.29, 1.82) is 0 Å². The molecule has 3 aromatic rings. The summed E-state index contributed by atoms with van der Waals surface area (Å²) in [5, 5.41) is 6.95. The van der Waals surface area contributed by atoms with Gasteiger partial charge in [-0.3, -0.25) is 9.36 Å². The van der Waals surface area contributed by atoms with Gasteiger partial charge in [0.1, 0.15) is 17.8 Å². The van der Waals surface area contributed by atoms with Gasteiger partial charge in [0.25, 0.3) is 11.8 Å². The molecule has 1 amide bonds. The number of pyridine rings is 1. The normalized spacial score (nSPS) is 12.8. The van der Waals surface area contributed by atoms with E-state index in [-0.39, 0.29) is 17.4 Å². The average Bonchev–Trinajstić information content (AvgIpc) is 3.31. The number of carbonyl (C=O) groups excluding carboxylic acids is 1. The fraction of sp³-hybridized carbons (Fsp3) is 0.421. The Morgan fingerprint density at radius 2 is 2.11 bits per heavy atom. The highest BCUT2D eigenvalue weighted by molar-refractivity contribution is 5.92. The van der Waals surface area contributed by atoms with Crippen molar-refractivity contribution in [2.45, 2.75) is 52.5 Å². The summed E-state index contributed by atoms with van der Waals surface area (Å²) in [7, 11) is 0. The van der Waals surface area contributed by atoms with E-state index in [4.69, 9.17) is 4.52 Å². The first-order valence-electron chi connectivity index (χ1n) is 8.93. The third kappa shape index (κ3) is 4.21. The molecule has 0 saturated carbocycles. The minimum Gasteiger partial charge on any atom is -0.348 e. The molecule has 0 bridgehead atoms. The summed E-state index contributed by atoms with van der Waals surface area (Å²) in [6.45, 7) is 10.0. The standard InChI is InChI=1S/C19H24N6O2/c1-6-12(2)22-16(26)14-10-25(11-21-14)15-9-13(7-8-20-15)17-23-18(24-27-17)19(3,4)5/h7-12H,6H2,1-5H3,(H,22,26)/t12-/m1/s1. The number of imidazole rings is 1. The lowest BCUT2D eigenvalue weighted by Gasteiger charge is -2.10. The third-order valence-corrected chi connectivity index (χ3v) is 4.16. The SMILES string of the molecule is CC[C@@H](C)NC(=O)c1cn(-c2cc(-c3nc(C(C)(C)C)no3)ccn2)cn1. The van der Waals surface area contributed by atoms with E-state index >= 15 is 0 Å². The van der Waals surface area contributed by atoms with Crippen LogP contribution in [-0.4, -0.2) is 36.6 Å². The predicted molar refractivity (Wildman–Crippen MR) is 101 cm³/mol. The quantitative estimate of drug-likeness (QED) is 0.743. The molecule has 3 rings (SSSR count). The zero-order chi connectivity index (χ0) is 19.6. The summed E-state index contributed by atoms with van der Waals surface area (Å²) in [4.78, 5) is 25.2. The molecule has 1 N–H and O–H groups in total. The number of hydrogen-bond donors (Lipinski definition) is 1. The van der Waals surface area contributed by atoms with Crippen molar-refractivity contribution in [3.63, 3.8) is 0 Å². The summed E-state index contributed by atoms with van der Waals surface area (Å²) in [5.41, 5.74) is 0.900. The van der Waals surface area contributed by atoms with Crippen LogP contribution in [0.25, 0.3) is 17.3 Å². The number of aromatic nitrogens is 5. The first-order chi connectivity index (χ1) is 12.8. The van der Waals surface area contributed by atoms with Crippen LogP contribution in [0.4, 0.5) is 0 Å². The summed E-state index contributed by atoms with van der Waals surface area (Å²) in [6, 6.07) is 3.72. The minimum absolute atomic E-state index is 0.0960. The average molecular weight is 368 g/mol. The van der Waals surface area contributed by atoms with Gasteiger partial charge in [0.15, 0.2) is 5.82 Å². The Kier molecular flexibility index (Phi) is 5.07. The molecule has 0 fully saturated rings. The molecule has 27 heavy (non-hydrogen) atoms. The summed E-state index contributed by atoms with van der Waals surface area (Å²) in [6.07, 6.45) is 5.73. The maximum Gasteiger partial charge on any atom is 0.271 e. The number of nitrogens with zero attached hydrogens (tertiary/aromatic N) is 5. The van der Waals surface area contributed by atoms with Crippen molar-refractivity contribution in [1.82, 2.24) is 30.0 Å². The van der Waals surface area contributed by atoms with Crippen LogP contribution in [0.3, 0.4) is 0 Å². The predicted octanol–water partition coefficient (Wildman–Crippen LogP) is 3.14. The van der Waals surface area contributed by atoms with E-state index in [9.17, 15) is 4.79 Å². The van der Waals surface area contributed by atoms with E-state index in [1.807, 2.05) is 40.7 Å². The Labute approximate surface area is 158 Å². The number of carbonyl (C=O) groups is 1. The van der Waals surface area contributed by atoms with Gasteiger partial charge in [-0.25, -0.2) is 9.97 Å². The molecule has 0 saturated heterocycles. The fourth-order valence-corrected chi connectivity index (χ4v) is 2.30. The number of nitrogens with one attached hydrogen (secondary N) is 1. The smallest absolute Gasteiger partial charge is 0.271 e. The second-order valence-corrected chi connectivity index (χ2v) is 7.52. The van der Waals surface area contributed by atoms with E-state index in [1.165, 1.54) is 0 Å². The van der Waals surface area contributed by atoms with Gasteiger partial charge >= 0.3 is 0 Å². The van der Waals surface area contributed by atoms with Gasteiger partial charge in [0.2, 0.25) is 0 Å². The highest BCUT2D eigenvalue weighted by Gasteiger charge is 2.21. The number of amides is 1. The molecule has 8 heteroatoms. The molecule has 3 heterocycles. The zero-order valence-electron chi connectivity index (χ0n) is 16.2. The monoisotopic (exact) mass is 368 g/mol. The molecule has 0 unspecified atom stereocenters. The lowest BCUT2D eigenvalue weighted by atomic mass is 9.96. The molecule has 0 aliphatic heterocycles. The highest BCUT2D eigenvalue weighted by Crippen LogP contribution is 2.24. The molecule has 0 aliphatic carbocycles. The van der Waals surface area contributed by atoms with E-state index in [2.05, 4.69) is 25.4 Å². The maximum absolute atomic E-state index is 12.2. The van der Waals surface area contributed by atoms with Crippen LogP contribution < -0.4 is 5.32 Å². The molecular weight excluding hydrogens is 344 g/mol. The number of rotatable bonds is 5. The van der Waals surface area contributed by atoms with Crippen LogP contribution in [0, 0.1) is 0 Å². The lowest BCUT2D eigenvalue weighted by Crippen LogP contribution is -2.32. The Balaban J connectivity index is 1.84. The highest BCUT2D eigenvalue weighted by atomic mass is 16.5. The maximum atomic E-state index is 12.2. The molecule has 1 atom stereocenters. The van der Waals surface area contributed by atoms with E-state index in [0.717, 1.165) is 12.0 Å². The van der Waals surface area contributed by atoms with Gasteiger partial charge < -0.3 is 9.84 Å². The Hall–Kier alpha value is -3.03. The van der Waals surface area contributed by atoms with E-state index in [1.54, 1.807) is 29.4 Å². The van der Waals surface area contributed by atoms with Crippen LogP contribution in [0.1, 0.15) is 57.4 Å². The lowest BCUT2D eigenvalue weighted by molar-refractivity contribution is 0.0934. The van der Waals surface area contributed by atoms with Crippen LogP contribution in [-0.2, 0) is 5.41 Å². The third-order valence-electron chi connectivity index (χ3n) is 4.16. The van der Waals surface area contributed by atoms with Crippen molar-refractivity contribution < 1.29 is 9.32 Å². The second kappa shape index (κ2) is 7.30. The van der Waals surface area contributed by atoms with Crippen molar-refractivity contribution in [2.75, 3.05) is 0 Å². The first kappa shape index (κ1) is 18.8. The van der Waals surface area contributed by atoms with Crippen LogP contribution in [0.15, 0.2) is 35.4 Å². The molecular formula is C19H24N6O2. The van der Waals surface area contributed by atoms with E-state index in [0.29, 0.717) is 23.2 Å². The summed E-state index contributed by atoms with van der Waals surface area (Å²) in [5.74, 6) is 1.48. The van der Waals surface area contributed by atoms with Gasteiger partial charge in [-0.05, 0) is 25.5 Å². The topological polar surface area (TPSA) is 98.7 Å². The Bertz CT molecular complexity index is 938. The molecule has 0 aromatic carbocycles. The fourth-order valence-electron chi connectivity index (χ4n) is 2.30. The van der Waals surface area contributed by atoms with Crippen molar-refractivity contribution in [3.8, 4) is 17.3 Å². The minimum atomic E-state index is -0.203. The summed E-state index contributed by atoms with van der Waals surface area (Å²) < 4.78 is 7.08. The molecule has 3 aromatic heterocycles.